The second-order valence-electron chi connectivity index (χ2n) is 4.10. The molecule has 7 heteroatoms. The highest BCUT2D eigenvalue weighted by molar-refractivity contribution is 5.20. The van der Waals surface area contributed by atoms with E-state index in [1.807, 2.05) is 0 Å². The quantitative estimate of drug-likeness (QED) is 0.633. The largest absolute Gasteiger partial charge is 0.433 e. The van der Waals surface area contributed by atoms with Gasteiger partial charge in [0.05, 0.1) is 24.6 Å². The Morgan fingerprint density at radius 1 is 1.56 bits per heavy atom. The number of rotatable bonds is 4. The number of nitrogens with zero attached hydrogens (tertiary/aromatic N) is 3. The van der Waals surface area contributed by atoms with Crippen LogP contribution in [0.25, 0.3) is 0 Å². The van der Waals surface area contributed by atoms with E-state index in [1.54, 1.807) is 6.07 Å². The first-order valence-electron chi connectivity index (χ1n) is 5.78. The molecule has 1 aliphatic rings. The molecule has 1 atom stereocenters. The van der Waals surface area contributed by atoms with E-state index in [0.29, 0.717) is 5.76 Å². The van der Waals surface area contributed by atoms with Crippen LogP contribution in [0, 0.1) is 21.4 Å². The van der Waals surface area contributed by atoms with E-state index in [4.69, 9.17) is 9.68 Å². The van der Waals surface area contributed by atoms with Gasteiger partial charge in [-0.2, -0.15) is 5.26 Å². The maximum Gasteiger partial charge on any atom is 0.433 e. The van der Waals surface area contributed by atoms with Gasteiger partial charge in [-0.15, -0.1) is 0 Å². The number of hydrogen-bond acceptors (Lipinski definition) is 6. The van der Waals surface area contributed by atoms with E-state index in [1.165, 1.54) is 6.07 Å². The predicted molar refractivity (Wildman–Crippen MR) is 62.8 cm³/mol. The van der Waals surface area contributed by atoms with E-state index < -0.39 is 4.92 Å². The number of nitro groups is 1. The second kappa shape index (κ2) is 5.62. The van der Waals surface area contributed by atoms with Crippen LogP contribution in [0.2, 0.25) is 0 Å². The average molecular weight is 250 g/mol. The van der Waals surface area contributed by atoms with Gasteiger partial charge >= 0.3 is 5.88 Å². The molecule has 2 heterocycles. The molecule has 1 aliphatic heterocycles. The van der Waals surface area contributed by atoms with Gasteiger partial charge in [0.15, 0.2) is 0 Å². The summed E-state index contributed by atoms with van der Waals surface area (Å²) in [6.07, 6.45) is 0.269. The molecule has 0 amide bonds. The summed E-state index contributed by atoms with van der Waals surface area (Å²) in [4.78, 5) is 12.1. The Balaban J connectivity index is 2.17. The normalized spacial score (nSPS) is 18.2. The molecule has 18 heavy (non-hydrogen) atoms. The first-order chi connectivity index (χ1) is 8.72. The van der Waals surface area contributed by atoms with Crippen molar-refractivity contribution in [3.05, 3.63) is 28.0 Å². The van der Waals surface area contributed by atoms with Gasteiger partial charge in [0.2, 0.25) is 0 Å². The van der Waals surface area contributed by atoms with Crippen LogP contribution in [0.5, 0.6) is 0 Å². The van der Waals surface area contributed by atoms with Crippen LogP contribution in [-0.2, 0) is 0 Å². The van der Waals surface area contributed by atoms with Gasteiger partial charge in [-0.3, -0.25) is 15.0 Å². The smallest absolute Gasteiger partial charge is 0.404 e. The standard InChI is InChI=1S/C11H14N4O3/c12-4-3-9(14-7-5-13-6-8-14)10-1-2-11(18-10)15(16)17/h1-2,9,13H,3,5-8H2/t9-/m1/s1. The Kier molecular flexibility index (Phi) is 3.92. The minimum Gasteiger partial charge on any atom is -0.404 e. The minimum absolute atomic E-state index is 0.203. The summed E-state index contributed by atoms with van der Waals surface area (Å²) in [5.41, 5.74) is 0. The summed E-state index contributed by atoms with van der Waals surface area (Å²) in [7, 11) is 0. The van der Waals surface area contributed by atoms with Gasteiger partial charge in [-0.25, -0.2) is 0 Å². The molecule has 1 fully saturated rings. The van der Waals surface area contributed by atoms with E-state index in [2.05, 4.69) is 16.3 Å². The third-order valence-electron chi connectivity index (χ3n) is 3.00. The van der Waals surface area contributed by atoms with E-state index in [9.17, 15) is 10.1 Å². The summed E-state index contributed by atoms with van der Waals surface area (Å²) < 4.78 is 5.20. The molecule has 2 rings (SSSR count). The summed E-state index contributed by atoms with van der Waals surface area (Å²) in [6, 6.07) is 4.83. The van der Waals surface area contributed by atoms with Crippen LogP contribution in [0.15, 0.2) is 16.5 Å². The third kappa shape index (κ3) is 2.67. The fraction of sp³-hybridized carbons (Fsp3) is 0.545. The van der Waals surface area contributed by atoms with Gasteiger partial charge < -0.3 is 9.73 Å². The molecule has 0 spiro atoms. The molecule has 1 saturated heterocycles. The maximum atomic E-state index is 10.6. The van der Waals surface area contributed by atoms with Crippen molar-refractivity contribution in [1.82, 2.24) is 10.2 Å². The lowest BCUT2D eigenvalue weighted by Gasteiger charge is -2.32. The fourth-order valence-corrected chi connectivity index (χ4v) is 2.11. The van der Waals surface area contributed by atoms with Crippen LogP contribution in [0.4, 0.5) is 5.88 Å². The van der Waals surface area contributed by atoms with Crippen molar-refractivity contribution in [1.29, 1.82) is 5.26 Å². The zero-order valence-electron chi connectivity index (χ0n) is 9.83. The van der Waals surface area contributed by atoms with Crippen molar-refractivity contribution in [3.8, 4) is 6.07 Å². The Hall–Kier alpha value is -1.91. The average Bonchev–Trinajstić information content (AvgIpc) is 2.86. The number of hydrogen-bond donors (Lipinski definition) is 1. The second-order valence-corrected chi connectivity index (χ2v) is 4.10. The van der Waals surface area contributed by atoms with Gasteiger partial charge in [-0.05, 0) is 6.07 Å². The van der Waals surface area contributed by atoms with Crippen molar-refractivity contribution in [2.75, 3.05) is 26.2 Å². The van der Waals surface area contributed by atoms with Gasteiger partial charge in [0.25, 0.3) is 0 Å². The van der Waals surface area contributed by atoms with Crippen LogP contribution in [0.1, 0.15) is 18.2 Å². The molecule has 1 aromatic rings. The van der Waals surface area contributed by atoms with Crippen molar-refractivity contribution in [2.24, 2.45) is 0 Å². The van der Waals surface area contributed by atoms with Gasteiger partial charge in [-0.1, -0.05) is 0 Å². The molecule has 0 radical (unpaired) electrons. The lowest BCUT2D eigenvalue weighted by molar-refractivity contribution is -0.402. The van der Waals surface area contributed by atoms with Gasteiger partial charge in [0.1, 0.15) is 10.7 Å². The van der Waals surface area contributed by atoms with Crippen LogP contribution >= 0.6 is 0 Å². The lowest BCUT2D eigenvalue weighted by atomic mass is 10.1. The fourth-order valence-electron chi connectivity index (χ4n) is 2.11. The highest BCUT2D eigenvalue weighted by Crippen LogP contribution is 2.28. The molecule has 1 N–H and O–H groups in total. The highest BCUT2D eigenvalue weighted by atomic mass is 16.6. The van der Waals surface area contributed by atoms with Crippen molar-refractivity contribution in [3.63, 3.8) is 0 Å². The van der Waals surface area contributed by atoms with Crippen LogP contribution in [-0.4, -0.2) is 36.0 Å². The third-order valence-corrected chi connectivity index (χ3v) is 3.00. The Morgan fingerprint density at radius 3 is 2.83 bits per heavy atom. The first kappa shape index (κ1) is 12.5. The Morgan fingerprint density at radius 2 is 2.28 bits per heavy atom. The molecule has 1 aromatic heterocycles. The molecule has 0 bridgehead atoms. The van der Waals surface area contributed by atoms with E-state index in [0.717, 1.165) is 26.2 Å². The summed E-state index contributed by atoms with van der Waals surface area (Å²) in [5, 5.41) is 22.7. The Labute approximate surface area is 104 Å². The minimum atomic E-state index is -0.565. The molecule has 0 aliphatic carbocycles. The highest BCUT2D eigenvalue weighted by Gasteiger charge is 2.26. The lowest BCUT2D eigenvalue weighted by Crippen LogP contribution is -2.45. The van der Waals surface area contributed by atoms with Crippen molar-refractivity contribution in [2.45, 2.75) is 12.5 Å². The summed E-state index contributed by atoms with van der Waals surface area (Å²) in [6.45, 7) is 3.32. The number of nitriles is 1. The summed E-state index contributed by atoms with van der Waals surface area (Å²) in [5.74, 6) is 0.216. The zero-order chi connectivity index (χ0) is 13.0. The molecule has 96 valence electrons. The monoisotopic (exact) mass is 250 g/mol. The topological polar surface area (TPSA) is 95.3 Å². The van der Waals surface area contributed by atoms with E-state index >= 15 is 0 Å². The van der Waals surface area contributed by atoms with Crippen molar-refractivity contribution < 1.29 is 9.34 Å². The maximum absolute atomic E-state index is 10.6. The molecule has 7 nitrogen and oxygen atoms in total. The molecular weight excluding hydrogens is 236 g/mol. The SMILES string of the molecule is N#CC[C@H](c1ccc([N+](=O)[O-])o1)N1CCNCC1. The van der Waals surface area contributed by atoms with Crippen LogP contribution in [0.3, 0.4) is 0 Å². The molecule has 0 aromatic carbocycles. The molecule has 0 saturated carbocycles. The first-order valence-corrected chi connectivity index (χ1v) is 5.78. The van der Waals surface area contributed by atoms with E-state index in [-0.39, 0.29) is 18.3 Å². The van der Waals surface area contributed by atoms with Crippen molar-refractivity contribution >= 4 is 5.88 Å². The molecule has 0 unspecified atom stereocenters. The Bertz CT molecular complexity index is 459. The predicted octanol–water partition coefficient (Wildman–Crippen LogP) is 1.05. The number of furan rings is 1. The van der Waals surface area contributed by atoms with Crippen LogP contribution < -0.4 is 5.32 Å². The van der Waals surface area contributed by atoms with Gasteiger partial charge in [0, 0.05) is 26.2 Å². The molecular formula is C11H14N4O3. The zero-order valence-corrected chi connectivity index (χ0v) is 9.83. The number of piperazine rings is 1. The number of nitrogens with one attached hydrogen (secondary N) is 1. The summed E-state index contributed by atoms with van der Waals surface area (Å²) >= 11 is 0.